The van der Waals surface area contributed by atoms with Crippen LogP contribution in [-0.4, -0.2) is 60.0 Å². The minimum atomic E-state index is 0.0387. The van der Waals surface area contributed by atoms with E-state index in [0.29, 0.717) is 17.3 Å². The summed E-state index contributed by atoms with van der Waals surface area (Å²) < 4.78 is 5.34. The van der Waals surface area contributed by atoms with E-state index in [9.17, 15) is 4.79 Å². The first-order valence-corrected chi connectivity index (χ1v) is 8.46. The van der Waals surface area contributed by atoms with Crippen molar-refractivity contribution in [2.24, 2.45) is 0 Å². The number of morpholine rings is 1. The lowest BCUT2D eigenvalue weighted by Crippen LogP contribution is -2.39. The lowest BCUT2D eigenvalue weighted by molar-refractivity contribution is 0.0398. The van der Waals surface area contributed by atoms with Gasteiger partial charge in [0.15, 0.2) is 5.78 Å². The summed E-state index contributed by atoms with van der Waals surface area (Å²) in [6, 6.07) is 9.16. The first-order chi connectivity index (χ1) is 12.2. The summed E-state index contributed by atoms with van der Waals surface area (Å²) >= 11 is 0. The number of ketones is 1. The quantitative estimate of drug-likeness (QED) is 0.747. The standard InChI is InChI=1S/C18H23N5O2/c1-14(24)15-3-2-4-16(13-15)21-17-5-6-19-18(22-17)20-7-8-23-9-11-25-12-10-23/h2-6,13H,7-12H2,1H3,(H2,19,20,21,22). The molecular weight excluding hydrogens is 318 g/mol. The predicted octanol–water partition coefficient (Wildman–Crippen LogP) is 2.17. The molecule has 132 valence electrons. The Kier molecular flexibility index (Phi) is 5.92. The van der Waals surface area contributed by atoms with Gasteiger partial charge in [-0.2, -0.15) is 4.98 Å². The fraction of sp³-hybridized carbons (Fsp3) is 0.389. The number of Topliss-reactive ketones (excluding diaryl/α,β-unsaturated/α-hetero) is 1. The van der Waals surface area contributed by atoms with Crippen molar-refractivity contribution in [1.29, 1.82) is 0 Å². The van der Waals surface area contributed by atoms with Crippen LogP contribution < -0.4 is 10.6 Å². The van der Waals surface area contributed by atoms with E-state index in [1.54, 1.807) is 25.3 Å². The molecule has 2 heterocycles. The summed E-state index contributed by atoms with van der Waals surface area (Å²) in [4.78, 5) is 22.5. The maximum absolute atomic E-state index is 11.5. The Balaban J connectivity index is 1.55. The molecule has 1 saturated heterocycles. The molecule has 2 N–H and O–H groups in total. The molecule has 0 radical (unpaired) electrons. The van der Waals surface area contributed by atoms with Crippen LogP contribution in [0, 0.1) is 0 Å². The summed E-state index contributed by atoms with van der Waals surface area (Å²) in [7, 11) is 0. The third-order valence-corrected chi connectivity index (χ3v) is 4.01. The third kappa shape index (κ3) is 5.23. The first kappa shape index (κ1) is 17.3. The van der Waals surface area contributed by atoms with Gasteiger partial charge in [0.05, 0.1) is 13.2 Å². The fourth-order valence-electron chi connectivity index (χ4n) is 2.63. The van der Waals surface area contributed by atoms with Gasteiger partial charge < -0.3 is 15.4 Å². The van der Waals surface area contributed by atoms with Crippen LogP contribution in [0.2, 0.25) is 0 Å². The van der Waals surface area contributed by atoms with E-state index in [-0.39, 0.29) is 5.78 Å². The molecule has 7 heteroatoms. The van der Waals surface area contributed by atoms with Crippen LogP contribution in [0.4, 0.5) is 17.5 Å². The lowest BCUT2D eigenvalue weighted by Gasteiger charge is -2.26. The smallest absolute Gasteiger partial charge is 0.224 e. The van der Waals surface area contributed by atoms with Gasteiger partial charge in [0, 0.05) is 43.6 Å². The maximum atomic E-state index is 11.5. The Morgan fingerprint density at radius 3 is 2.92 bits per heavy atom. The molecule has 0 saturated carbocycles. The Hall–Kier alpha value is -2.51. The number of carbonyl (C=O) groups is 1. The molecule has 1 fully saturated rings. The number of aromatic nitrogens is 2. The Morgan fingerprint density at radius 1 is 1.28 bits per heavy atom. The molecule has 0 atom stereocenters. The van der Waals surface area contributed by atoms with Gasteiger partial charge in [-0.15, -0.1) is 0 Å². The van der Waals surface area contributed by atoms with E-state index in [1.807, 2.05) is 18.2 Å². The molecule has 0 spiro atoms. The number of hydrogen-bond acceptors (Lipinski definition) is 7. The average Bonchev–Trinajstić information content (AvgIpc) is 2.63. The highest BCUT2D eigenvalue weighted by Gasteiger charge is 2.09. The van der Waals surface area contributed by atoms with E-state index < -0.39 is 0 Å². The highest BCUT2D eigenvalue weighted by atomic mass is 16.5. The monoisotopic (exact) mass is 341 g/mol. The Labute approximate surface area is 147 Å². The zero-order chi connectivity index (χ0) is 17.5. The van der Waals surface area contributed by atoms with Gasteiger partial charge in [-0.05, 0) is 25.1 Å². The van der Waals surface area contributed by atoms with E-state index in [0.717, 1.165) is 45.1 Å². The van der Waals surface area contributed by atoms with Gasteiger partial charge in [-0.25, -0.2) is 4.98 Å². The lowest BCUT2D eigenvalue weighted by atomic mass is 10.1. The van der Waals surface area contributed by atoms with Crippen molar-refractivity contribution in [1.82, 2.24) is 14.9 Å². The molecular formula is C18H23N5O2. The molecule has 1 aromatic carbocycles. The summed E-state index contributed by atoms with van der Waals surface area (Å²) in [5.41, 5.74) is 1.49. The maximum Gasteiger partial charge on any atom is 0.224 e. The molecule has 0 bridgehead atoms. The number of benzene rings is 1. The number of hydrogen-bond donors (Lipinski definition) is 2. The highest BCUT2D eigenvalue weighted by Crippen LogP contribution is 2.17. The van der Waals surface area contributed by atoms with Crippen molar-refractivity contribution in [3.8, 4) is 0 Å². The Morgan fingerprint density at radius 2 is 2.12 bits per heavy atom. The minimum absolute atomic E-state index is 0.0387. The van der Waals surface area contributed by atoms with Crippen molar-refractivity contribution in [3.63, 3.8) is 0 Å². The predicted molar refractivity (Wildman–Crippen MR) is 97.5 cm³/mol. The number of rotatable bonds is 7. The van der Waals surface area contributed by atoms with Crippen molar-refractivity contribution >= 4 is 23.2 Å². The van der Waals surface area contributed by atoms with Crippen LogP contribution >= 0.6 is 0 Å². The fourth-order valence-corrected chi connectivity index (χ4v) is 2.63. The minimum Gasteiger partial charge on any atom is -0.379 e. The van der Waals surface area contributed by atoms with Crippen LogP contribution in [0.1, 0.15) is 17.3 Å². The van der Waals surface area contributed by atoms with E-state index in [2.05, 4.69) is 25.5 Å². The molecule has 1 aliphatic rings. The van der Waals surface area contributed by atoms with Gasteiger partial charge in [0.1, 0.15) is 5.82 Å². The molecule has 3 rings (SSSR count). The molecule has 1 aliphatic heterocycles. The zero-order valence-corrected chi connectivity index (χ0v) is 14.4. The summed E-state index contributed by atoms with van der Waals surface area (Å²) in [6.07, 6.45) is 1.71. The first-order valence-electron chi connectivity index (χ1n) is 8.46. The van der Waals surface area contributed by atoms with Crippen LogP contribution in [0.15, 0.2) is 36.5 Å². The van der Waals surface area contributed by atoms with Gasteiger partial charge in [-0.1, -0.05) is 12.1 Å². The largest absolute Gasteiger partial charge is 0.379 e. The van der Waals surface area contributed by atoms with Crippen LogP contribution in [0.25, 0.3) is 0 Å². The van der Waals surface area contributed by atoms with Crippen LogP contribution in [-0.2, 0) is 4.74 Å². The van der Waals surface area contributed by atoms with Crippen molar-refractivity contribution in [3.05, 3.63) is 42.1 Å². The second-order valence-corrected chi connectivity index (χ2v) is 5.91. The van der Waals surface area contributed by atoms with E-state index >= 15 is 0 Å². The van der Waals surface area contributed by atoms with Crippen LogP contribution in [0.5, 0.6) is 0 Å². The number of anilines is 3. The molecule has 0 unspecified atom stereocenters. The number of ether oxygens (including phenoxy) is 1. The van der Waals surface area contributed by atoms with Gasteiger partial charge in [0.25, 0.3) is 0 Å². The van der Waals surface area contributed by atoms with Crippen LogP contribution in [0.3, 0.4) is 0 Å². The van der Waals surface area contributed by atoms with Gasteiger partial charge in [-0.3, -0.25) is 9.69 Å². The SMILES string of the molecule is CC(=O)c1cccc(Nc2ccnc(NCCN3CCOCC3)n2)c1. The van der Waals surface area contributed by atoms with Gasteiger partial charge in [0.2, 0.25) is 5.95 Å². The third-order valence-electron chi connectivity index (χ3n) is 4.01. The highest BCUT2D eigenvalue weighted by molar-refractivity contribution is 5.95. The second-order valence-electron chi connectivity index (χ2n) is 5.91. The number of nitrogens with one attached hydrogen (secondary N) is 2. The topological polar surface area (TPSA) is 79.4 Å². The number of nitrogens with zero attached hydrogens (tertiary/aromatic N) is 3. The second kappa shape index (κ2) is 8.55. The Bertz CT molecular complexity index is 716. The molecule has 0 amide bonds. The molecule has 7 nitrogen and oxygen atoms in total. The van der Waals surface area contributed by atoms with Crippen molar-refractivity contribution in [2.75, 3.05) is 50.0 Å². The van der Waals surface area contributed by atoms with Crippen molar-refractivity contribution in [2.45, 2.75) is 6.92 Å². The van der Waals surface area contributed by atoms with Gasteiger partial charge >= 0.3 is 0 Å². The summed E-state index contributed by atoms with van der Waals surface area (Å²) in [5, 5.41) is 6.46. The molecule has 1 aromatic heterocycles. The van der Waals surface area contributed by atoms with E-state index in [4.69, 9.17) is 4.74 Å². The molecule has 25 heavy (non-hydrogen) atoms. The molecule has 2 aromatic rings. The summed E-state index contributed by atoms with van der Waals surface area (Å²) in [5.74, 6) is 1.31. The normalized spacial score (nSPS) is 14.9. The zero-order valence-electron chi connectivity index (χ0n) is 14.4. The molecule has 0 aliphatic carbocycles. The number of carbonyl (C=O) groups excluding carboxylic acids is 1. The van der Waals surface area contributed by atoms with E-state index in [1.165, 1.54) is 0 Å². The van der Waals surface area contributed by atoms with Crippen molar-refractivity contribution < 1.29 is 9.53 Å². The summed E-state index contributed by atoms with van der Waals surface area (Å²) in [6.45, 7) is 6.81. The average molecular weight is 341 g/mol.